The fourth-order valence-electron chi connectivity index (χ4n) is 1.73. The predicted molar refractivity (Wildman–Crippen MR) is 86.7 cm³/mol. The molecule has 7 heteroatoms. The molecule has 1 amide bonds. The van der Waals surface area contributed by atoms with Gasteiger partial charge in [0, 0.05) is 16.3 Å². The van der Waals surface area contributed by atoms with Crippen LogP contribution in [-0.4, -0.2) is 20.6 Å². The van der Waals surface area contributed by atoms with Crippen LogP contribution in [0.5, 0.6) is 0 Å². The van der Waals surface area contributed by atoms with Gasteiger partial charge in [0.2, 0.25) is 0 Å². The van der Waals surface area contributed by atoms with Gasteiger partial charge in [-0.25, -0.2) is 8.42 Å². The van der Waals surface area contributed by atoms with Crippen LogP contribution in [0.25, 0.3) is 0 Å². The maximum Gasteiger partial charge on any atom is 0.255 e. The number of para-hydroxylation sites is 1. The zero-order valence-electron chi connectivity index (χ0n) is 10.9. The number of carbonyl (C=O) groups is 1. The van der Waals surface area contributed by atoms with Crippen molar-refractivity contribution in [3.05, 3.63) is 57.5 Å². The minimum atomic E-state index is -3.42. The molecule has 0 aromatic heterocycles. The number of carbonyl (C=O) groups excluding carboxylic acids is 1. The van der Waals surface area contributed by atoms with Crippen LogP contribution in [0.4, 0.5) is 5.69 Å². The first-order chi connectivity index (χ1) is 9.79. The number of amides is 1. The third-order valence-corrected chi connectivity index (χ3v) is 5.10. The van der Waals surface area contributed by atoms with Crippen molar-refractivity contribution in [1.82, 2.24) is 0 Å². The van der Waals surface area contributed by atoms with Gasteiger partial charge in [0.25, 0.3) is 5.91 Å². The van der Waals surface area contributed by atoms with Crippen molar-refractivity contribution in [1.29, 1.82) is 0 Å². The van der Waals surface area contributed by atoms with Crippen LogP contribution in [0, 0.1) is 0 Å². The van der Waals surface area contributed by atoms with E-state index >= 15 is 0 Å². The van der Waals surface area contributed by atoms with Crippen molar-refractivity contribution in [2.24, 2.45) is 0 Å². The Balaban J connectivity index is 2.34. The molecule has 2 aromatic rings. The molecule has 0 aliphatic rings. The van der Waals surface area contributed by atoms with Gasteiger partial charge in [0.15, 0.2) is 9.84 Å². The second kappa shape index (κ2) is 6.17. The zero-order chi connectivity index (χ0) is 15.6. The van der Waals surface area contributed by atoms with Crippen LogP contribution < -0.4 is 5.32 Å². The topological polar surface area (TPSA) is 63.2 Å². The Morgan fingerprint density at radius 3 is 2.48 bits per heavy atom. The fourth-order valence-corrected chi connectivity index (χ4v) is 3.00. The van der Waals surface area contributed by atoms with Crippen LogP contribution >= 0.6 is 27.5 Å². The van der Waals surface area contributed by atoms with Gasteiger partial charge in [-0.2, -0.15) is 0 Å². The number of benzene rings is 2. The number of anilines is 1. The molecule has 0 atom stereocenters. The van der Waals surface area contributed by atoms with Crippen molar-refractivity contribution in [2.45, 2.75) is 4.90 Å². The number of hydrogen-bond donors (Lipinski definition) is 1. The number of hydrogen-bond acceptors (Lipinski definition) is 3. The summed E-state index contributed by atoms with van der Waals surface area (Å²) < 4.78 is 24.1. The molecule has 0 saturated heterocycles. The Bertz CT molecular complexity index is 806. The summed E-state index contributed by atoms with van der Waals surface area (Å²) in [4.78, 5) is 12.2. The summed E-state index contributed by atoms with van der Waals surface area (Å²) in [5.74, 6) is -0.430. The predicted octanol–water partition coefficient (Wildman–Crippen LogP) is 3.76. The third kappa shape index (κ3) is 3.84. The van der Waals surface area contributed by atoms with E-state index in [1.807, 2.05) is 0 Å². The Hall–Kier alpha value is -1.37. The van der Waals surface area contributed by atoms with Crippen LogP contribution in [0.3, 0.4) is 0 Å². The Morgan fingerprint density at radius 2 is 1.86 bits per heavy atom. The number of halogens is 2. The molecule has 0 bridgehead atoms. The molecule has 2 aromatic carbocycles. The second-order valence-corrected chi connectivity index (χ2v) is 7.60. The smallest absolute Gasteiger partial charge is 0.255 e. The van der Waals surface area contributed by atoms with Gasteiger partial charge in [0.05, 0.1) is 15.6 Å². The van der Waals surface area contributed by atoms with Crippen LogP contribution in [-0.2, 0) is 9.84 Å². The molecule has 2 rings (SSSR count). The zero-order valence-corrected chi connectivity index (χ0v) is 14.1. The van der Waals surface area contributed by atoms with Crippen LogP contribution in [0.15, 0.2) is 51.8 Å². The number of rotatable bonds is 3. The monoisotopic (exact) mass is 387 g/mol. The summed E-state index contributed by atoms with van der Waals surface area (Å²) in [6.45, 7) is 0. The molecule has 1 N–H and O–H groups in total. The quantitative estimate of drug-likeness (QED) is 0.871. The SMILES string of the molecule is CS(=O)(=O)c1ccccc1NC(=O)c1ccc(Br)c(Cl)c1. The van der Waals surface area contributed by atoms with Gasteiger partial charge in [-0.15, -0.1) is 0 Å². The average molecular weight is 389 g/mol. The van der Waals surface area contributed by atoms with E-state index in [1.165, 1.54) is 18.2 Å². The first kappa shape index (κ1) is 16.0. The highest BCUT2D eigenvalue weighted by atomic mass is 79.9. The van der Waals surface area contributed by atoms with Gasteiger partial charge in [0.1, 0.15) is 0 Å². The summed E-state index contributed by atoms with van der Waals surface area (Å²) >= 11 is 9.18. The molecule has 4 nitrogen and oxygen atoms in total. The molecular weight excluding hydrogens is 378 g/mol. The molecule has 0 spiro atoms. The lowest BCUT2D eigenvalue weighted by molar-refractivity contribution is 0.102. The minimum Gasteiger partial charge on any atom is -0.321 e. The molecule has 21 heavy (non-hydrogen) atoms. The standard InChI is InChI=1S/C14H11BrClNO3S/c1-21(19,20)13-5-3-2-4-12(13)17-14(18)9-6-7-10(15)11(16)8-9/h2-8H,1H3,(H,17,18). The second-order valence-electron chi connectivity index (χ2n) is 4.35. The van der Waals surface area contributed by atoms with E-state index in [9.17, 15) is 13.2 Å². The highest BCUT2D eigenvalue weighted by Crippen LogP contribution is 2.25. The van der Waals surface area contributed by atoms with Crippen molar-refractivity contribution in [3.8, 4) is 0 Å². The van der Waals surface area contributed by atoms with Crippen LogP contribution in [0.2, 0.25) is 5.02 Å². The third-order valence-electron chi connectivity index (χ3n) is 2.72. The minimum absolute atomic E-state index is 0.0709. The highest BCUT2D eigenvalue weighted by Gasteiger charge is 2.15. The van der Waals surface area contributed by atoms with Crippen molar-refractivity contribution in [2.75, 3.05) is 11.6 Å². The highest BCUT2D eigenvalue weighted by molar-refractivity contribution is 9.10. The summed E-state index contributed by atoms with van der Waals surface area (Å²) in [7, 11) is -3.42. The van der Waals surface area contributed by atoms with E-state index in [0.717, 1.165) is 6.26 Å². The summed E-state index contributed by atoms with van der Waals surface area (Å²) in [5, 5.41) is 2.99. The molecule has 0 aliphatic heterocycles. The lowest BCUT2D eigenvalue weighted by Crippen LogP contribution is -2.14. The normalized spacial score (nSPS) is 11.2. The van der Waals surface area contributed by atoms with Gasteiger partial charge in [-0.3, -0.25) is 4.79 Å². The van der Waals surface area contributed by atoms with Crippen LogP contribution in [0.1, 0.15) is 10.4 Å². The average Bonchev–Trinajstić information content (AvgIpc) is 2.41. The molecule has 0 aliphatic carbocycles. The van der Waals surface area contributed by atoms with Gasteiger partial charge in [-0.1, -0.05) is 23.7 Å². The summed E-state index contributed by atoms with van der Waals surface area (Å²) in [6.07, 6.45) is 1.09. The Kier molecular flexibility index (Phi) is 4.70. The molecule has 0 unspecified atom stereocenters. The largest absolute Gasteiger partial charge is 0.321 e. The van der Waals surface area contributed by atoms with Gasteiger partial charge >= 0.3 is 0 Å². The fraction of sp³-hybridized carbons (Fsp3) is 0.0714. The maximum absolute atomic E-state index is 12.2. The Morgan fingerprint density at radius 1 is 1.19 bits per heavy atom. The van der Waals surface area contributed by atoms with Crippen molar-refractivity contribution in [3.63, 3.8) is 0 Å². The molecular formula is C14H11BrClNO3S. The van der Waals surface area contributed by atoms with Crippen molar-refractivity contribution < 1.29 is 13.2 Å². The van der Waals surface area contributed by atoms with E-state index in [2.05, 4.69) is 21.2 Å². The van der Waals surface area contributed by atoms with Gasteiger partial charge < -0.3 is 5.32 Å². The van der Waals surface area contributed by atoms with E-state index in [-0.39, 0.29) is 10.6 Å². The number of nitrogens with one attached hydrogen (secondary N) is 1. The first-order valence-electron chi connectivity index (χ1n) is 5.84. The molecule has 0 heterocycles. The Labute approximate surface area is 136 Å². The lowest BCUT2D eigenvalue weighted by Gasteiger charge is -2.10. The summed E-state index contributed by atoms with van der Waals surface area (Å²) in [6, 6.07) is 11.0. The van der Waals surface area contributed by atoms with Crippen molar-refractivity contribution >= 4 is 49.0 Å². The van der Waals surface area contributed by atoms with E-state index in [1.54, 1.807) is 24.3 Å². The number of sulfone groups is 1. The summed E-state index contributed by atoms with van der Waals surface area (Å²) in [5.41, 5.74) is 0.579. The molecule has 110 valence electrons. The first-order valence-corrected chi connectivity index (χ1v) is 8.91. The lowest BCUT2D eigenvalue weighted by atomic mass is 10.2. The molecule has 0 fully saturated rings. The van der Waals surface area contributed by atoms with E-state index in [0.29, 0.717) is 15.1 Å². The maximum atomic E-state index is 12.2. The van der Waals surface area contributed by atoms with E-state index < -0.39 is 15.7 Å². The van der Waals surface area contributed by atoms with Gasteiger partial charge in [-0.05, 0) is 46.3 Å². The molecule has 0 radical (unpaired) electrons. The molecule has 0 saturated carbocycles. The van der Waals surface area contributed by atoms with E-state index in [4.69, 9.17) is 11.6 Å².